The molecule has 1 aliphatic carbocycles. The fraction of sp³-hybridized carbons (Fsp3) is 0.700. The lowest BCUT2D eigenvalue weighted by molar-refractivity contribution is -0.111. The maximum atomic E-state index is 10.5. The molecule has 62 valence electrons. The summed E-state index contributed by atoms with van der Waals surface area (Å²) in [7, 11) is 0. The fourth-order valence-electron chi connectivity index (χ4n) is 1.52. The van der Waals surface area contributed by atoms with Crippen LogP contribution in [0.4, 0.5) is 0 Å². The number of allylic oxidation sites excluding steroid dienone is 2. The topological polar surface area (TPSA) is 17.1 Å². The van der Waals surface area contributed by atoms with Crippen LogP contribution in [-0.2, 0) is 4.79 Å². The number of hydrogen-bond donors (Lipinski definition) is 0. The molecule has 0 radical (unpaired) electrons. The zero-order chi connectivity index (χ0) is 8.27. The molecule has 3 atom stereocenters. The smallest absolute Gasteiger partial charge is 0.123 e. The molecule has 0 aromatic rings. The second kappa shape index (κ2) is 3.70. The average molecular weight is 152 g/mol. The van der Waals surface area contributed by atoms with Gasteiger partial charge in [-0.15, -0.1) is 0 Å². The van der Waals surface area contributed by atoms with Gasteiger partial charge in [0.15, 0.2) is 0 Å². The van der Waals surface area contributed by atoms with E-state index in [1.807, 2.05) is 6.92 Å². The van der Waals surface area contributed by atoms with Gasteiger partial charge in [0.25, 0.3) is 0 Å². The minimum atomic E-state index is 0.207. The van der Waals surface area contributed by atoms with Crippen LogP contribution < -0.4 is 0 Å². The van der Waals surface area contributed by atoms with Gasteiger partial charge in [0.1, 0.15) is 6.29 Å². The third-order valence-corrected chi connectivity index (χ3v) is 2.53. The quantitative estimate of drug-likeness (QED) is 0.438. The van der Waals surface area contributed by atoms with E-state index < -0.39 is 0 Å². The molecule has 0 unspecified atom stereocenters. The van der Waals surface area contributed by atoms with Crippen molar-refractivity contribution in [3.63, 3.8) is 0 Å². The van der Waals surface area contributed by atoms with Crippen molar-refractivity contribution in [2.24, 2.45) is 17.8 Å². The maximum absolute atomic E-state index is 10.5. The summed E-state index contributed by atoms with van der Waals surface area (Å²) in [5.41, 5.74) is 0. The summed E-state index contributed by atoms with van der Waals surface area (Å²) in [4.78, 5) is 10.5. The van der Waals surface area contributed by atoms with E-state index in [0.29, 0.717) is 11.8 Å². The normalized spacial score (nSPS) is 33.3. The van der Waals surface area contributed by atoms with Gasteiger partial charge in [-0.3, -0.25) is 0 Å². The van der Waals surface area contributed by atoms with Crippen LogP contribution in [0.5, 0.6) is 0 Å². The van der Waals surface area contributed by atoms with E-state index in [4.69, 9.17) is 0 Å². The molecule has 0 heterocycles. The van der Waals surface area contributed by atoms with Crippen molar-refractivity contribution < 1.29 is 4.79 Å². The summed E-state index contributed by atoms with van der Waals surface area (Å²) in [6.07, 6.45) is 7.91. The number of hydrogen-bond acceptors (Lipinski definition) is 1. The van der Waals surface area contributed by atoms with E-state index in [-0.39, 0.29) is 5.92 Å². The first-order valence-electron chi connectivity index (χ1n) is 4.37. The molecule has 0 fully saturated rings. The average Bonchev–Trinajstić information content (AvgIpc) is 2.05. The highest BCUT2D eigenvalue weighted by atomic mass is 16.1. The van der Waals surface area contributed by atoms with Crippen LogP contribution in [0.25, 0.3) is 0 Å². The van der Waals surface area contributed by atoms with Crippen LogP contribution in [0.15, 0.2) is 12.2 Å². The third kappa shape index (κ3) is 2.18. The highest BCUT2D eigenvalue weighted by Crippen LogP contribution is 2.26. The van der Waals surface area contributed by atoms with E-state index in [1.165, 1.54) is 12.8 Å². The Hall–Kier alpha value is -0.590. The molecule has 0 N–H and O–H groups in total. The molecular weight excluding hydrogens is 136 g/mol. The van der Waals surface area contributed by atoms with Crippen molar-refractivity contribution in [3.05, 3.63) is 12.2 Å². The van der Waals surface area contributed by atoms with Crippen LogP contribution in [0.1, 0.15) is 26.7 Å². The van der Waals surface area contributed by atoms with Crippen LogP contribution in [0.2, 0.25) is 0 Å². The summed E-state index contributed by atoms with van der Waals surface area (Å²) in [5, 5.41) is 0. The second-order valence-electron chi connectivity index (χ2n) is 3.60. The lowest BCUT2D eigenvalue weighted by Gasteiger charge is -2.22. The van der Waals surface area contributed by atoms with Gasteiger partial charge >= 0.3 is 0 Å². The van der Waals surface area contributed by atoms with Gasteiger partial charge in [-0.1, -0.05) is 26.0 Å². The van der Waals surface area contributed by atoms with E-state index in [9.17, 15) is 4.79 Å². The summed E-state index contributed by atoms with van der Waals surface area (Å²) in [6.45, 7) is 4.22. The van der Waals surface area contributed by atoms with E-state index in [2.05, 4.69) is 19.1 Å². The van der Waals surface area contributed by atoms with Crippen molar-refractivity contribution >= 4 is 6.29 Å². The number of aldehydes is 1. The van der Waals surface area contributed by atoms with Gasteiger partial charge in [0.2, 0.25) is 0 Å². The number of carbonyl (C=O) groups is 1. The predicted molar refractivity (Wildman–Crippen MR) is 46.3 cm³/mol. The van der Waals surface area contributed by atoms with Crippen LogP contribution in [0, 0.1) is 17.8 Å². The van der Waals surface area contributed by atoms with Crippen molar-refractivity contribution in [1.82, 2.24) is 0 Å². The van der Waals surface area contributed by atoms with Crippen molar-refractivity contribution in [2.75, 3.05) is 0 Å². The van der Waals surface area contributed by atoms with Gasteiger partial charge in [-0.05, 0) is 24.7 Å². The molecule has 0 aliphatic heterocycles. The zero-order valence-electron chi connectivity index (χ0n) is 7.29. The standard InChI is InChI=1S/C10H16O/c1-8-3-5-10(6-4-8)9(2)7-11/h3,5,7-10H,4,6H2,1-2H3/t8-,9+,10-/m0/s1. The SMILES string of the molecule is C[C@H](C=O)[C@H]1C=C[C@H](C)CC1. The van der Waals surface area contributed by atoms with Crippen molar-refractivity contribution in [2.45, 2.75) is 26.7 Å². The Labute approximate surface area is 68.5 Å². The predicted octanol–water partition coefficient (Wildman–Crippen LogP) is 2.42. The second-order valence-corrected chi connectivity index (χ2v) is 3.60. The molecule has 11 heavy (non-hydrogen) atoms. The summed E-state index contributed by atoms with van der Waals surface area (Å²) >= 11 is 0. The molecule has 0 spiro atoms. The minimum Gasteiger partial charge on any atom is -0.303 e. The van der Waals surface area contributed by atoms with Crippen molar-refractivity contribution in [3.8, 4) is 0 Å². The highest BCUT2D eigenvalue weighted by Gasteiger charge is 2.17. The minimum absolute atomic E-state index is 0.207. The van der Waals surface area contributed by atoms with Crippen LogP contribution >= 0.6 is 0 Å². The molecule has 1 aliphatic rings. The van der Waals surface area contributed by atoms with Crippen LogP contribution in [0.3, 0.4) is 0 Å². The number of rotatable bonds is 2. The van der Waals surface area contributed by atoms with Crippen LogP contribution in [-0.4, -0.2) is 6.29 Å². The Morgan fingerprint density at radius 1 is 1.45 bits per heavy atom. The molecular formula is C10H16O. The fourth-order valence-corrected chi connectivity index (χ4v) is 1.52. The summed E-state index contributed by atoms with van der Waals surface area (Å²) in [5.74, 6) is 1.42. The molecule has 0 amide bonds. The monoisotopic (exact) mass is 152 g/mol. The molecule has 0 saturated carbocycles. The lowest BCUT2D eigenvalue weighted by Crippen LogP contribution is -2.15. The number of carbonyl (C=O) groups excluding carboxylic acids is 1. The summed E-state index contributed by atoms with van der Waals surface area (Å²) in [6, 6.07) is 0. The first kappa shape index (κ1) is 8.51. The maximum Gasteiger partial charge on any atom is 0.123 e. The van der Waals surface area contributed by atoms with Gasteiger partial charge in [0, 0.05) is 5.92 Å². The van der Waals surface area contributed by atoms with Crippen molar-refractivity contribution in [1.29, 1.82) is 0 Å². The molecule has 0 bridgehead atoms. The Morgan fingerprint density at radius 3 is 2.64 bits per heavy atom. The summed E-state index contributed by atoms with van der Waals surface area (Å²) < 4.78 is 0. The van der Waals surface area contributed by atoms with Gasteiger partial charge in [0.05, 0.1) is 0 Å². The molecule has 1 nitrogen and oxygen atoms in total. The largest absolute Gasteiger partial charge is 0.303 e. The first-order chi connectivity index (χ1) is 5.24. The van der Waals surface area contributed by atoms with E-state index >= 15 is 0 Å². The van der Waals surface area contributed by atoms with Gasteiger partial charge in [-0.25, -0.2) is 0 Å². The lowest BCUT2D eigenvalue weighted by atomic mass is 9.83. The van der Waals surface area contributed by atoms with Gasteiger partial charge in [-0.2, -0.15) is 0 Å². The molecule has 0 saturated heterocycles. The highest BCUT2D eigenvalue weighted by molar-refractivity contribution is 5.53. The third-order valence-electron chi connectivity index (χ3n) is 2.53. The molecule has 0 aromatic carbocycles. The van der Waals surface area contributed by atoms with Gasteiger partial charge < -0.3 is 4.79 Å². The molecule has 0 aromatic heterocycles. The Kier molecular flexibility index (Phi) is 2.86. The molecule has 1 rings (SSSR count). The van der Waals surface area contributed by atoms with E-state index in [1.54, 1.807) is 0 Å². The zero-order valence-corrected chi connectivity index (χ0v) is 7.29. The first-order valence-corrected chi connectivity index (χ1v) is 4.37. The van der Waals surface area contributed by atoms with E-state index in [0.717, 1.165) is 6.29 Å². The Morgan fingerprint density at radius 2 is 2.18 bits per heavy atom. The molecule has 1 heteroatoms. The Balaban J connectivity index is 2.49. The Bertz CT molecular complexity index is 160.